The summed E-state index contributed by atoms with van der Waals surface area (Å²) in [5.74, 6) is 0.346. The van der Waals surface area contributed by atoms with Crippen molar-refractivity contribution in [3.8, 4) is 11.5 Å². The van der Waals surface area contributed by atoms with Crippen LogP contribution in [0.15, 0.2) is 27.9 Å². The number of hydrogen-bond acceptors (Lipinski definition) is 6. The fourth-order valence-electron chi connectivity index (χ4n) is 2.51. The molecule has 5 nitrogen and oxygen atoms in total. The summed E-state index contributed by atoms with van der Waals surface area (Å²) in [5.41, 5.74) is 1.29. The maximum Gasteiger partial charge on any atom is 0.447 e. The van der Waals surface area contributed by atoms with Crippen molar-refractivity contribution in [3.05, 3.63) is 24.2 Å². The van der Waals surface area contributed by atoms with Gasteiger partial charge in [0, 0.05) is 18.0 Å². The van der Waals surface area contributed by atoms with E-state index in [1.54, 1.807) is 0 Å². The zero-order valence-electron chi connectivity index (χ0n) is 11.4. The van der Waals surface area contributed by atoms with Crippen molar-refractivity contribution in [2.75, 3.05) is 0 Å². The van der Waals surface area contributed by atoms with Crippen LogP contribution < -0.4 is 5.73 Å². The number of alkyl halides is 3. The fraction of sp³-hybridized carbons (Fsp3) is 0.462. The van der Waals surface area contributed by atoms with Crippen LogP contribution in [0.3, 0.4) is 0 Å². The van der Waals surface area contributed by atoms with Gasteiger partial charge in [0.25, 0.3) is 5.89 Å². The predicted octanol–water partition coefficient (Wildman–Crippen LogP) is 3.47. The van der Waals surface area contributed by atoms with Crippen molar-refractivity contribution < 1.29 is 17.7 Å². The third kappa shape index (κ3) is 3.09. The summed E-state index contributed by atoms with van der Waals surface area (Å²) < 4.78 is 42.9. The van der Waals surface area contributed by atoms with Gasteiger partial charge < -0.3 is 10.3 Å². The minimum absolute atomic E-state index is 0.00609. The third-order valence-electron chi connectivity index (χ3n) is 3.58. The molecule has 1 saturated carbocycles. The van der Waals surface area contributed by atoms with Crippen LogP contribution in [0, 0.1) is 0 Å². The van der Waals surface area contributed by atoms with Crippen molar-refractivity contribution in [3.63, 3.8) is 0 Å². The van der Waals surface area contributed by atoms with Crippen molar-refractivity contribution in [2.45, 2.75) is 41.8 Å². The molecular formula is C13H13F3N4OS. The zero-order valence-corrected chi connectivity index (χ0v) is 12.2. The van der Waals surface area contributed by atoms with E-state index >= 15 is 0 Å². The van der Waals surface area contributed by atoms with E-state index in [-0.39, 0.29) is 28.2 Å². The Labute approximate surface area is 128 Å². The van der Waals surface area contributed by atoms with Crippen LogP contribution >= 0.6 is 11.8 Å². The lowest BCUT2D eigenvalue weighted by Crippen LogP contribution is -2.34. The highest BCUT2D eigenvalue weighted by molar-refractivity contribution is 8.00. The molecule has 1 fully saturated rings. The van der Waals surface area contributed by atoms with Crippen LogP contribution in [0.2, 0.25) is 0 Å². The molecule has 2 heterocycles. The van der Waals surface area contributed by atoms with E-state index < -0.39 is 11.0 Å². The van der Waals surface area contributed by atoms with E-state index in [1.165, 1.54) is 18.3 Å². The van der Waals surface area contributed by atoms with Crippen LogP contribution in [0.4, 0.5) is 13.2 Å². The van der Waals surface area contributed by atoms with Gasteiger partial charge in [-0.1, -0.05) is 18.0 Å². The van der Waals surface area contributed by atoms with Gasteiger partial charge in [0.2, 0.25) is 0 Å². The van der Waals surface area contributed by atoms with E-state index in [0.29, 0.717) is 5.82 Å². The van der Waals surface area contributed by atoms with Crippen molar-refractivity contribution in [1.29, 1.82) is 0 Å². The van der Waals surface area contributed by atoms with Gasteiger partial charge in [0.15, 0.2) is 5.82 Å². The Morgan fingerprint density at radius 2 is 2.00 bits per heavy atom. The first-order valence-corrected chi connectivity index (χ1v) is 7.53. The third-order valence-corrected chi connectivity index (χ3v) is 4.33. The molecule has 1 aliphatic rings. The first-order chi connectivity index (χ1) is 10.4. The van der Waals surface area contributed by atoms with Gasteiger partial charge in [-0.25, -0.2) is 4.98 Å². The minimum atomic E-state index is -4.44. The number of thioether (sulfide) groups is 1. The number of nitrogens with zero attached hydrogens (tertiary/aromatic N) is 3. The molecule has 0 amide bonds. The van der Waals surface area contributed by atoms with Gasteiger partial charge in [-0.05, 0) is 25.0 Å². The molecule has 0 aromatic carbocycles. The first-order valence-electron chi connectivity index (χ1n) is 6.72. The van der Waals surface area contributed by atoms with Crippen molar-refractivity contribution in [1.82, 2.24) is 15.1 Å². The minimum Gasteiger partial charge on any atom is -0.334 e. The molecule has 0 unspecified atom stereocenters. The first kappa shape index (κ1) is 15.3. The molecule has 9 heteroatoms. The smallest absolute Gasteiger partial charge is 0.334 e. The normalized spacial score (nSPS) is 17.8. The molecule has 0 aliphatic heterocycles. The summed E-state index contributed by atoms with van der Waals surface area (Å²) in [4.78, 5) is 7.95. The Morgan fingerprint density at radius 1 is 1.27 bits per heavy atom. The molecule has 0 radical (unpaired) electrons. The number of rotatable bonds is 3. The quantitative estimate of drug-likeness (QED) is 0.868. The molecule has 2 aromatic rings. The molecular weight excluding hydrogens is 317 g/mol. The standard InChI is InChI=1S/C13H13F3N4OS/c14-13(15,16)22-10-8(4-3-7-18-10)9-19-11(20-21-9)12(17)5-1-2-6-12/h3-4,7H,1-2,5-6,17H2. The van der Waals surface area contributed by atoms with E-state index in [1.807, 2.05) is 0 Å². The molecule has 1 aliphatic carbocycles. The Hall–Kier alpha value is -1.61. The maximum absolute atomic E-state index is 12.6. The Morgan fingerprint density at radius 3 is 2.68 bits per heavy atom. The molecule has 0 saturated heterocycles. The molecule has 0 bridgehead atoms. The molecule has 0 spiro atoms. The largest absolute Gasteiger partial charge is 0.447 e. The number of nitrogens with two attached hydrogens (primary N) is 1. The highest BCUT2D eigenvalue weighted by Gasteiger charge is 2.37. The molecule has 2 N–H and O–H groups in total. The SMILES string of the molecule is NC1(c2noc(-c3cccnc3SC(F)(F)F)n2)CCCC1. The van der Waals surface area contributed by atoms with Gasteiger partial charge >= 0.3 is 5.51 Å². The van der Waals surface area contributed by atoms with Gasteiger partial charge in [0.1, 0.15) is 5.03 Å². The van der Waals surface area contributed by atoms with Crippen LogP contribution in [0.1, 0.15) is 31.5 Å². The summed E-state index contributed by atoms with van der Waals surface area (Å²) >= 11 is -0.307. The molecule has 2 aromatic heterocycles. The Kier molecular flexibility index (Phi) is 3.85. The van der Waals surface area contributed by atoms with Crippen LogP contribution in [0.25, 0.3) is 11.5 Å². The second kappa shape index (κ2) is 5.54. The number of aromatic nitrogens is 3. The van der Waals surface area contributed by atoms with Gasteiger partial charge in [-0.2, -0.15) is 18.2 Å². The van der Waals surface area contributed by atoms with Crippen LogP contribution in [-0.2, 0) is 5.54 Å². The van der Waals surface area contributed by atoms with Crippen molar-refractivity contribution >= 4 is 11.8 Å². The lowest BCUT2D eigenvalue weighted by atomic mass is 9.99. The second-order valence-corrected chi connectivity index (χ2v) is 6.24. The zero-order chi connectivity index (χ0) is 15.8. The Balaban J connectivity index is 1.94. The summed E-state index contributed by atoms with van der Waals surface area (Å²) in [6, 6.07) is 2.99. The highest BCUT2D eigenvalue weighted by Crippen LogP contribution is 2.41. The van der Waals surface area contributed by atoms with Gasteiger partial charge in [-0.3, -0.25) is 0 Å². The topological polar surface area (TPSA) is 77.8 Å². The average Bonchev–Trinajstić information content (AvgIpc) is 3.07. The van der Waals surface area contributed by atoms with Crippen molar-refractivity contribution in [2.24, 2.45) is 5.73 Å². The lowest BCUT2D eigenvalue weighted by molar-refractivity contribution is -0.0329. The van der Waals surface area contributed by atoms with Crippen LogP contribution in [-0.4, -0.2) is 20.6 Å². The lowest BCUT2D eigenvalue weighted by Gasteiger charge is -2.17. The Bertz CT molecular complexity index is 667. The summed E-state index contributed by atoms with van der Waals surface area (Å²) in [7, 11) is 0. The fourth-order valence-corrected chi connectivity index (χ4v) is 3.11. The highest BCUT2D eigenvalue weighted by atomic mass is 32.2. The van der Waals surface area contributed by atoms with Crippen LogP contribution in [0.5, 0.6) is 0 Å². The molecule has 22 heavy (non-hydrogen) atoms. The summed E-state index contributed by atoms with van der Waals surface area (Å²) in [5, 5.41) is 3.63. The predicted molar refractivity (Wildman–Crippen MR) is 73.8 cm³/mol. The van der Waals surface area contributed by atoms with E-state index in [2.05, 4.69) is 15.1 Å². The molecule has 0 atom stereocenters. The number of pyridine rings is 1. The number of halogens is 3. The molecule has 118 valence electrons. The van der Waals surface area contributed by atoms with Gasteiger partial charge in [-0.15, -0.1) is 0 Å². The molecule has 3 rings (SSSR count). The van der Waals surface area contributed by atoms with E-state index in [9.17, 15) is 13.2 Å². The van der Waals surface area contributed by atoms with E-state index in [0.717, 1.165) is 25.7 Å². The monoisotopic (exact) mass is 330 g/mol. The van der Waals surface area contributed by atoms with Gasteiger partial charge in [0.05, 0.1) is 11.1 Å². The second-order valence-electron chi connectivity index (χ2n) is 5.19. The summed E-state index contributed by atoms with van der Waals surface area (Å²) in [6.45, 7) is 0. The summed E-state index contributed by atoms with van der Waals surface area (Å²) in [6.07, 6.45) is 4.72. The maximum atomic E-state index is 12.6. The number of hydrogen-bond donors (Lipinski definition) is 1. The average molecular weight is 330 g/mol. The van der Waals surface area contributed by atoms with E-state index in [4.69, 9.17) is 10.3 Å².